The largest absolute Gasteiger partial charge is 0.507 e. The first-order valence-electron chi connectivity index (χ1n) is 12.7. The van der Waals surface area contributed by atoms with E-state index in [0.717, 1.165) is 12.8 Å². The van der Waals surface area contributed by atoms with Crippen LogP contribution in [-0.2, 0) is 0 Å². The van der Waals surface area contributed by atoms with Gasteiger partial charge in [-0.05, 0) is 85.4 Å². The van der Waals surface area contributed by atoms with Crippen LogP contribution in [0.3, 0.4) is 0 Å². The minimum absolute atomic E-state index is 0.0258. The maximum Gasteiger partial charge on any atom is 0.157 e. The molecule has 0 aromatic heterocycles. The zero-order chi connectivity index (χ0) is 25.4. The second-order valence-electron chi connectivity index (χ2n) is 12.7. The van der Waals surface area contributed by atoms with Gasteiger partial charge in [-0.15, -0.1) is 0 Å². The number of phenolic OH excluding ortho intramolecular Hbond substituents is 3. The Morgan fingerprint density at radius 3 is 1.97 bits per heavy atom. The summed E-state index contributed by atoms with van der Waals surface area (Å²) >= 11 is 0. The summed E-state index contributed by atoms with van der Waals surface area (Å²) in [6, 6.07) is 0. The van der Waals surface area contributed by atoms with E-state index in [1.54, 1.807) is 0 Å². The summed E-state index contributed by atoms with van der Waals surface area (Å²) in [6.45, 7) is 13.0. The lowest BCUT2D eigenvalue weighted by atomic mass is 9.47. The summed E-state index contributed by atoms with van der Waals surface area (Å²) in [5.74, 6) is -0.575. The van der Waals surface area contributed by atoms with E-state index in [0.29, 0.717) is 43.7 Å². The van der Waals surface area contributed by atoms with E-state index >= 15 is 0 Å². The maximum atomic E-state index is 11.7. The van der Waals surface area contributed by atoms with E-state index in [1.165, 1.54) is 0 Å². The Morgan fingerprint density at radius 1 is 0.912 bits per heavy atom. The summed E-state index contributed by atoms with van der Waals surface area (Å²) in [4.78, 5) is 23.5. The molecule has 0 saturated heterocycles. The summed E-state index contributed by atoms with van der Waals surface area (Å²) in [7, 11) is 0. The summed E-state index contributed by atoms with van der Waals surface area (Å²) in [5.41, 5.74) is -1.40. The van der Waals surface area contributed by atoms with Gasteiger partial charge in [0.25, 0.3) is 0 Å². The molecule has 0 unspecified atom stereocenters. The Balaban J connectivity index is 1.90. The molecular formula is C28H40O6. The highest BCUT2D eigenvalue weighted by molar-refractivity contribution is 5.95. The molecule has 3 saturated carbocycles. The van der Waals surface area contributed by atoms with Gasteiger partial charge in [-0.25, -0.2) is 0 Å². The minimum Gasteiger partial charge on any atom is -0.507 e. The number of fused-ring (bicyclic) bond motifs is 3. The Kier molecular flexibility index (Phi) is 5.87. The molecule has 4 rings (SSSR count). The van der Waals surface area contributed by atoms with Crippen molar-refractivity contribution in [1.82, 2.24) is 0 Å². The van der Waals surface area contributed by atoms with E-state index in [-0.39, 0.29) is 51.2 Å². The third-order valence-electron chi connectivity index (χ3n) is 10.0. The first-order valence-corrected chi connectivity index (χ1v) is 12.7. The SMILES string of the molecule is CC(C)C[C@@H](c1c(O)c(C=O)c(O)c(C=O)c1O)[C@@H]1CC[C@@](C)(O)[C@@H]2[C@H]3[C@H](CC[C@]21C)C3(C)C. The van der Waals surface area contributed by atoms with Crippen LogP contribution in [0.2, 0.25) is 0 Å². The molecule has 0 aliphatic heterocycles. The molecule has 3 aliphatic carbocycles. The number of carbonyl (C=O) groups is 2. The lowest BCUT2D eigenvalue weighted by Gasteiger charge is -2.59. The lowest BCUT2D eigenvalue weighted by Crippen LogP contribution is -2.56. The number of rotatable bonds is 6. The third kappa shape index (κ3) is 3.39. The Bertz CT molecular complexity index is 974. The molecule has 3 aliphatic rings. The topological polar surface area (TPSA) is 115 Å². The van der Waals surface area contributed by atoms with Crippen molar-refractivity contribution in [3.05, 3.63) is 16.7 Å². The molecule has 1 aromatic rings. The monoisotopic (exact) mass is 472 g/mol. The molecule has 1 aromatic carbocycles. The van der Waals surface area contributed by atoms with Crippen LogP contribution in [-0.4, -0.2) is 38.6 Å². The van der Waals surface area contributed by atoms with Gasteiger partial charge in [0.05, 0.1) is 16.7 Å². The van der Waals surface area contributed by atoms with Crippen LogP contribution in [0, 0.1) is 40.4 Å². The summed E-state index contributed by atoms with van der Waals surface area (Å²) in [6.07, 6.45) is 4.66. The molecule has 6 heteroatoms. The first kappa shape index (κ1) is 25.0. The van der Waals surface area contributed by atoms with Crippen molar-refractivity contribution < 1.29 is 30.0 Å². The van der Waals surface area contributed by atoms with Crippen LogP contribution >= 0.6 is 0 Å². The average molecular weight is 473 g/mol. The summed E-state index contributed by atoms with van der Waals surface area (Å²) < 4.78 is 0. The quantitative estimate of drug-likeness (QED) is 0.412. The molecule has 34 heavy (non-hydrogen) atoms. The molecule has 0 amide bonds. The third-order valence-corrected chi connectivity index (χ3v) is 10.0. The van der Waals surface area contributed by atoms with Crippen molar-refractivity contribution in [3.63, 3.8) is 0 Å². The van der Waals surface area contributed by atoms with Crippen LogP contribution in [0.15, 0.2) is 0 Å². The highest BCUT2D eigenvalue weighted by Crippen LogP contribution is 2.76. The standard InChI is InChI=1S/C28H40O6/c1-14(2)11-15(20-23(32)16(12-29)22(31)17(13-30)24(20)33)18-8-10-28(6,34)25-21-19(26(21,3)4)7-9-27(18,25)5/h12-15,18-19,21,25,31-34H,7-11H2,1-6H3/t15-,18+,19+,21-,25-,27+,28-/m1/s1. The van der Waals surface area contributed by atoms with Gasteiger partial charge in [0.1, 0.15) is 17.2 Å². The van der Waals surface area contributed by atoms with Crippen molar-refractivity contribution in [2.75, 3.05) is 0 Å². The fourth-order valence-corrected chi connectivity index (χ4v) is 8.48. The molecule has 188 valence electrons. The highest BCUT2D eigenvalue weighted by Gasteiger charge is 2.72. The van der Waals surface area contributed by atoms with Crippen LogP contribution in [0.4, 0.5) is 0 Å². The van der Waals surface area contributed by atoms with Crippen molar-refractivity contribution >= 4 is 12.6 Å². The molecule has 7 atom stereocenters. The molecular weight excluding hydrogens is 432 g/mol. The Labute approximate surface area is 202 Å². The van der Waals surface area contributed by atoms with Crippen molar-refractivity contribution in [2.24, 2.45) is 40.4 Å². The molecule has 6 nitrogen and oxygen atoms in total. The molecule has 0 heterocycles. The number of aliphatic hydroxyl groups is 1. The Hall–Kier alpha value is -2.08. The van der Waals surface area contributed by atoms with Gasteiger partial charge in [-0.2, -0.15) is 0 Å². The lowest BCUT2D eigenvalue weighted by molar-refractivity contribution is -0.155. The van der Waals surface area contributed by atoms with Crippen LogP contribution in [0.1, 0.15) is 106 Å². The van der Waals surface area contributed by atoms with E-state index < -0.39 is 22.8 Å². The van der Waals surface area contributed by atoms with Crippen LogP contribution < -0.4 is 0 Å². The van der Waals surface area contributed by atoms with Gasteiger partial charge < -0.3 is 20.4 Å². The minimum atomic E-state index is -0.800. The van der Waals surface area contributed by atoms with Gasteiger partial charge in [-0.3, -0.25) is 9.59 Å². The van der Waals surface area contributed by atoms with E-state index in [4.69, 9.17) is 0 Å². The average Bonchev–Trinajstić information content (AvgIpc) is 3.27. The number of aromatic hydroxyl groups is 3. The second-order valence-corrected chi connectivity index (χ2v) is 12.7. The van der Waals surface area contributed by atoms with Gasteiger partial charge in [0.15, 0.2) is 12.6 Å². The molecule has 0 bridgehead atoms. The van der Waals surface area contributed by atoms with Crippen molar-refractivity contribution in [3.8, 4) is 17.2 Å². The van der Waals surface area contributed by atoms with Crippen LogP contribution in [0.5, 0.6) is 17.2 Å². The van der Waals surface area contributed by atoms with Crippen molar-refractivity contribution in [1.29, 1.82) is 0 Å². The van der Waals surface area contributed by atoms with Gasteiger partial charge in [0.2, 0.25) is 0 Å². The zero-order valence-electron chi connectivity index (χ0n) is 21.3. The predicted octanol–water partition coefficient (Wildman–Crippen LogP) is 5.41. The van der Waals surface area contributed by atoms with E-state index in [2.05, 4.69) is 34.6 Å². The van der Waals surface area contributed by atoms with E-state index in [9.17, 15) is 30.0 Å². The zero-order valence-corrected chi connectivity index (χ0v) is 21.3. The molecule has 3 fully saturated rings. The van der Waals surface area contributed by atoms with Crippen LogP contribution in [0.25, 0.3) is 0 Å². The fourth-order valence-electron chi connectivity index (χ4n) is 8.48. The highest BCUT2D eigenvalue weighted by atomic mass is 16.3. The second kappa shape index (κ2) is 7.97. The first-order chi connectivity index (χ1) is 15.7. The number of carbonyl (C=O) groups excluding carboxylic acids is 2. The number of phenols is 3. The van der Waals surface area contributed by atoms with Gasteiger partial charge >= 0.3 is 0 Å². The number of benzene rings is 1. The predicted molar refractivity (Wildman–Crippen MR) is 129 cm³/mol. The normalized spacial score (nSPS) is 36.9. The number of aldehydes is 2. The fraction of sp³-hybridized carbons (Fsp3) is 0.714. The van der Waals surface area contributed by atoms with Gasteiger partial charge in [-0.1, -0.05) is 34.6 Å². The summed E-state index contributed by atoms with van der Waals surface area (Å²) in [5, 5.41) is 44.1. The number of hydrogen-bond donors (Lipinski definition) is 4. The smallest absolute Gasteiger partial charge is 0.157 e. The van der Waals surface area contributed by atoms with Crippen molar-refractivity contribution in [2.45, 2.75) is 85.2 Å². The maximum absolute atomic E-state index is 11.7. The van der Waals surface area contributed by atoms with E-state index in [1.807, 2.05) is 6.92 Å². The molecule has 0 spiro atoms. The number of hydrogen-bond acceptors (Lipinski definition) is 6. The molecule has 0 radical (unpaired) electrons. The Morgan fingerprint density at radius 2 is 1.47 bits per heavy atom. The molecule has 4 N–H and O–H groups in total. The van der Waals surface area contributed by atoms with Gasteiger partial charge in [0, 0.05) is 5.56 Å².